The molecule has 1 aliphatic carbocycles. The predicted octanol–water partition coefficient (Wildman–Crippen LogP) is 3.23. The van der Waals surface area contributed by atoms with Gasteiger partial charge >= 0.3 is 0 Å². The monoisotopic (exact) mass is 400 g/mol. The number of pyridine rings is 1. The molecule has 0 radical (unpaired) electrons. The molecular weight excluding hydrogens is 380 g/mol. The third-order valence-electron chi connectivity index (χ3n) is 4.92. The van der Waals surface area contributed by atoms with Crippen molar-refractivity contribution in [2.24, 2.45) is 0 Å². The number of aromatic amines is 1. The van der Waals surface area contributed by atoms with E-state index in [2.05, 4.69) is 25.7 Å². The van der Waals surface area contributed by atoms with Crippen LogP contribution in [0, 0.1) is 0 Å². The van der Waals surface area contributed by atoms with E-state index in [1.165, 1.54) is 19.3 Å². The number of ether oxygens (including phenoxy) is 1. The maximum absolute atomic E-state index is 12.5. The van der Waals surface area contributed by atoms with Crippen LogP contribution in [0.15, 0.2) is 24.3 Å². The second-order valence-corrected chi connectivity index (χ2v) is 7.35. The molecule has 1 fully saturated rings. The summed E-state index contributed by atoms with van der Waals surface area (Å²) >= 11 is 6.38. The summed E-state index contributed by atoms with van der Waals surface area (Å²) in [5.74, 6) is 0.663. The molecule has 2 heterocycles. The number of benzene rings is 1. The third kappa shape index (κ3) is 4.01. The van der Waals surface area contributed by atoms with Crippen LogP contribution in [0.2, 0.25) is 5.02 Å². The van der Waals surface area contributed by atoms with Crippen LogP contribution in [0.25, 0.3) is 11.2 Å². The van der Waals surface area contributed by atoms with Crippen LogP contribution in [0.4, 0.5) is 5.82 Å². The predicted molar refractivity (Wildman–Crippen MR) is 106 cm³/mol. The van der Waals surface area contributed by atoms with Crippen LogP contribution in [0.5, 0.6) is 5.75 Å². The number of amides is 1. The number of halogens is 1. The molecule has 1 amide bonds. The highest BCUT2D eigenvalue weighted by Gasteiger charge is 2.17. The van der Waals surface area contributed by atoms with Crippen molar-refractivity contribution in [2.45, 2.75) is 44.8 Å². The standard InChI is InChI=1S/C19H21ClN6O2/c20-14-8-11(19(27)22-13-4-2-1-3-5-13)6-7-12(14)10-28-15-9-16(21)23-18-17(15)24-26-25-18/h6-9,13H,1-5,10H2,(H,22,27)(H3,21,23,24,25,26). The van der Waals surface area contributed by atoms with Gasteiger partial charge in [-0.2, -0.15) is 10.3 Å². The molecule has 1 saturated carbocycles. The van der Waals surface area contributed by atoms with Gasteiger partial charge in [-0.1, -0.05) is 36.9 Å². The number of H-pyrrole nitrogens is 1. The number of nitrogens with two attached hydrogens (primary N) is 1. The molecule has 28 heavy (non-hydrogen) atoms. The van der Waals surface area contributed by atoms with E-state index in [9.17, 15) is 4.79 Å². The highest BCUT2D eigenvalue weighted by Crippen LogP contribution is 2.26. The van der Waals surface area contributed by atoms with Crippen molar-refractivity contribution in [3.63, 3.8) is 0 Å². The number of carbonyl (C=O) groups is 1. The lowest BCUT2D eigenvalue weighted by Gasteiger charge is -2.22. The number of hydrogen-bond acceptors (Lipinski definition) is 6. The zero-order valence-corrected chi connectivity index (χ0v) is 16.0. The van der Waals surface area contributed by atoms with Crippen LogP contribution >= 0.6 is 11.6 Å². The van der Waals surface area contributed by atoms with E-state index in [-0.39, 0.29) is 24.4 Å². The first-order valence-corrected chi connectivity index (χ1v) is 9.67. The van der Waals surface area contributed by atoms with E-state index in [4.69, 9.17) is 22.1 Å². The molecule has 1 aliphatic rings. The number of nitrogen functional groups attached to an aromatic ring is 1. The number of nitrogens with one attached hydrogen (secondary N) is 2. The Labute approximate surface area is 166 Å². The number of nitrogens with zero attached hydrogens (tertiary/aromatic N) is 3. The van der Waals surface area contributed by atoms with E-state index < -0.39 is 0 Å². The molecule has 0 atom stereocenters. The summed E-state index contributed by atoms with van der Waals surface area (Å²) in [4.78, 5) is 16.5. The molecule has 0 aliphatic heterocycles. The fourth-order valence-electron chi connectivity index (χ4n) is 3.41. The number of anilines is 1. The fraction of sp³-hybridized carbons (Fsp3) is 0.368. The highest BCUT2D eigenvalue weighted by atomic mass is 35.5. The lowest BCUT2D eigenvalue weighted by atomic mass is 9.95. The summed E-state index contributed by atoms with van der Waals surface area (Å²) < 4.78 is 5.82. The van der Waals surface area contributed by atoms with Gasteiger partial charge in [0.05, 0.1) is 0 Å². The molecule has 3 aromatic rings. The zero-order valence-electron chi connectivity index (χ0n) is 15.2. The van der Waals surface area contributed by atoms with Gasteiger partial charge in [0.15, 0.2) is 11.3 Å². The van der Waals surface area contributed by atoms with E-state index >= 15 is 0 Å². The number of rotatable bonds is 5. The second kappa shape index (κ2) is 8.02. The van der Waals surface area contributed by atoms with Crippen molar-refractivity contribution in [3.8, 4) is 5.75 Å². The molecule has 4 N–H and O–H groups in total. The molecule has 146 valence electrons. The number of aromatic nitrogens is 4. The van der Waals surface area contributed by atoms with E-state index in [1.54, 1.807) is 24.3 Å². The van der Waals surface area contributed by atoms with Crippen molar-refractivity contribution < 1.29 is 9.53 Å². The van der Waals surface area contributed by atoms with Crippen LogP contribution in [-0.2, 0) is 6.61 Å². The Hall–Kier alpha value is -2.87. The zero-order chi connectivity index (χ0) is 19.5. The van der Waals surface area contributed by atoms with Crippen LogP contribution in [0.3, 0.4) is 0 Å². The summed E-state index contributed by atoms with van der Waals surface area (Å²) in [5.41, 5.74) is 7.95. The van der Waals surface area contributed by atoms with Gasteiger partial charge in [-0.25, -0.2) is 4.98 Å². The number of carbonyl (C=O) groups excluding carboxylic acids is 1. The minimum absolute atomic E-state index is 0.0903. The minimum atomic E-state index is -0.0903. The second-order valence-electron chi connectivity index (χ2n) is 6.94. The quantitative estimate of drug-likeness (QED) is 0.605. The smallest absolute Gasteiger partial charge is 0.251 e. The van der Waals surface area contributed by atoms with Gasteiger partial charge in [0.25, 0.3) is 5.91 Å². The normalized spacial score (nSPS) is 14.9. The van der Waals surface area contributed by atoms with E-state index in [0.29, 0.717) is 27.5 Å². The molecule has 9 heteroatoms. The largest absolute Gasteiger partial charge is 0.486 e. The fourth-order valence-corrected chi connectivity index (χ4v) is 3.65. The number of hydrogen-bond donors (Lipinski definition) is 3. The first kappa shape index (κ1) is 18.5. The van der Waals surface area contributed by atoms with E-state index in [0.717, 1.165) is 18.4 Å². The Balaban J connectivity index is 1.44. The molecule has 0 saturated heterocycles. The first-order chi connectivity index (χ1) is 13.6. The summed E-state index contributed by atoms with van der Waals surface area (Å²) in [6.07, 6.45) is 5.66. The maximum Gasteiger partial charge on any atom is 0.251 e. The van der Waals surface area contributed by atoms with E-state index in [1.807, 2.05) is 0 Å². The van der Waals surface area contributed by atoms with Gasteiger partial charge in [-0.3, -0.25) is 4.79 Å². The van der Waals surface area contributed by atoms with Gasteiger partial charge in [0.1, 0.15) is 12.4 Å². The molecule has 2 aromatic heterocycles. The Morgan fingerprint density at radius 3 is 2.86 bits per heavy atom. The van der Waals surface area contributed by atoms with Gasteiger partial charge in [-0.05, 0) is 25.0 Å². The van der Waals surface area contributed by atoms with Gasteiger partial charge in [0, 0.05) is 28.3 Å². The number of fused-ring (bicyclic) bond motifs is 1. The average Bonchev–Trinajstić information content (AvgIpc) is 3.16. The minimum Gasteiger partial charge on any atom is -0.486 e. The Morgan fingerprint density at radius 2 is 2.07 bits per heavy atom. The Morgan fingerprint density at radius 1 is 1.25 bits per heavy atom. The molecule has 1 aromatic carbocycles. The maximum atomic E-state index is 12.5. The van der Waals surface area contributed by atoms with Crippen LogP contribution < -0.4 is 15.8 Å². The van der Waals surface area contributed by atoms with Crippen molar-refractivity contribution in [1.82, 2.24) is 25.7 Å². The highest BCUT2D eigenvalue weighted by molar-refractivity contribution is 6.31. The summed E-state index contributed by atoms with van der Waals surface area (Å²) in [5, 5.41) is 14.0. The topological polar surface area (TPSA) is 119 Å². The Kier molecular flexibility index (Phi) is 5.29. The summed E-state index contributed by atoms with van der Waals surface area (Å²) in [7, 11) is 0. The van der Waals surface area contributed by atoms with Crippen molar-refractivity contribution in [3.05, 3.63) is 40.4 Å². The summed E-state index contributed by atoms with van der Waals surface area (Å²) in [6.45, 7) is 0.203. The van der Waals surface area contributed by atoms with Crippen molar-refractivity contribution in [2.75, 3.05) is 5.73 Å². The molecule has 0 spiro atoms. The Bertz CT molecular complexity index is 999. The van der Waals surface area contributed by atoms with Crippen molar-refractivity contribution in [1.29, 1.82) is 0 Å². The van der Waals surface area contributed by atoms with Crippen LogP contribution in [-0.4, -0.2) is 32.3 Å². The first-order valence-electron chi connectivity index (χ1n) is 9.29. The molecule has 0 unspecified atom stereocenters. The third-order valence-corrected chi connectivity index (χ3v) is 5.27. The lowest BCUT2D eigenvalue weighted by Crippen LogP contribution is -2.36. The van der Waals surface area contributed by atoms with Gasteiger partial charge in [0.2, 0.25) is 5.65 Å². The molecule has 8 nitrogen and oxygen atoms in total. The van der Waals surface area contributed by atoms with Crippen LogP contribution in [0.1, 0.15) is 48.0 Å². The van der Waals surface area contributed by atoms with Crippen molar-refractivity contribution >= 4 is 34.5 Å². The SMILES string of the molecule is Nc1cc(OCc2ccc(C(=O)NC3CCCCC3)cc2Cl)c2n[nH]nc2n1. The molecular formula is C19H21ClN6O2. The molecule has 0 bridgehead atoms. The average molecular weight is 401 g/mol. The summed E-state index contributed by atoms with van der Waals surface area (Å²) in [6, 6.07) is 7.07. The lowest BCUT2D eigenvalue weighted by molar-refractivity contribution is 0.0927. The van der Waals surface area contributed by atoms with Gasteiger partial charge < -0.3 is 15.8 Å². The molecule has 4 rings (SSSR count). The van der Waals surface area contributed by atoms with Gasteiger partial charge in [-0.15, -0.1) is 5.10 Å².